The Morgan fingerprint density at radius 2 is 2.40 bits per heavy atom. The van der Waals surface area contributed by atoms with E-state index in [4.69, 9.17) is 4.74 Å². The van der Waals surface area contributed by atoms with Crippen LogP contribution in [0.1, 0.15) is 25.7 Å². The molecule has 1 aliphatic heterocycles. The molecule has 2 unspecified atom stereocenters. The van der Waals surface area contributed by atoms with E-state index in [9.17, 15) is 0 Å². The van der Waals surface area contributed by atoms with E-state index >= 15 is 0 Å². The molecule has 0 amide bonds. The Hall–Kier alpha value is 0.690. The molecule has 2 atom stereocenters. The van der Waals surface area contributed by atoms with Gasteiger partial charge < -0.3 is 4.74 Å². The van der Waals surface area contributed by atoms with Crippen LogP contribution in [-0.4, -0.2) is 16.6 Å². The van der Waals surface area contributed by atoms with Crippen LogP contribution in [0.4, 0.5) is 0 Å². The van der Waals surface area contributed by atoms with Crippen molar-refractivity contribution in [3.05, 3.63) is 0 Å². The van der Waals surface area contributed by atoms with Crippen LogP contribution in [0.5, 0.6) is 0 Å². The molecule has 2 rings (SSSR count). The number of rotatable bonds is 1. The lowest BCUT2D eigenvalue weighted by atomic mass is 9.93. The monoisotopic (exact) mass is 252 g/mol. The van der Waals surface area contributed by atoms with Crippen molar-refractivity contribution in [1.29, 1.82) is 0 Å². The summed E-state index contributed by atoms with van der Waals surface area (Å²) in [5.41, 5.74) is 0.334. The molecule has 2 heteroatoms. The molecule has 0 N–H and O–H groups in total. The van der Waals surface area contributed by atoms with Crippen molar-refractivity contribution >= 4 is 22.6 Å². The van der Waals surface area contributed by atoms with Gasteiger partial charge >= 0.3 is 0 Å². The molecule has 1 saturated heterocycles. The Labute approximate surface area is 75.7 Å². The SMILES string of the molecule is ICC12CCCC1CCO2. The van der Waals surface area contributed by atoms with E-state index in [0.717, 1.165) is 12.5 Å². The molecule has 0 aromatic carbocycles. The molecule has 1 aliphatic carbocycles. The molecule has 2 aliphatic rings. The smallest absolute Gasteiger partial charge is 0.0800 e. The maximum absolute atomic E-state index is 5.81. The van der Waals surface area contributed by atoms with E-state index in [1.54, 1.807) is 0 Å². The number of hydrogen-bond acceptors (Lipinski definition) is 1. The van der Waals surface area contributed by atoms with Gasteiger partial charge in [-0.05, 0) is 25.2 Å². The lowest BCUT2D eigenvalue weighted by Crippen LogP contribution is -2.32. The molecule has 10 heavy (non-hydrogen) atoms. The first kappa shape index (κ1) is 7.35. The molecule has 0 spiro atoms. The van der Waals surface area contributed by atoms with Crippen LogP contribution in [0.2, 0.25) is 0 Å². The van der Waals surface area contributed by atoms with Crippen molar-refractivity contribution in [2.24, 2.45) is 5.92 Å². The summed E-state index contributed by atoms with van der Waals surface area (Å²) in [6.07, 6.45) is 5.46. The van der Waals surface area contributed by atoms with Gasteiger partial charge in [0.15, 0.2) is 0 Å². The van der Waals surface area contributed by atoms with Crippen LogP contribution < -0.4 is 0 Å². The Morgan fingerprint density at radius 1 is 1.50 bits per heavy atom. The molecule has 1 nitrogen and oxygen atoms in total. The van der Waals surface area contributed by atoms with Crippen molar-refractivity contribution in [1.82, 2.24) is 0 Å². The molecule has 0 bridgehead atoms. The summed E-state index contributed by atoms with van der Waals surface area (Å²) >= 11 is 2.47. The van der Waals surface area contributed by atoms with Gasteiger partial charge in [-0.1, -0.05) is 29.0 Å². The second-order valence-electron chi connectivity index (χ2n) is 3.42. The molecular formula is C8H13IO. The van der Waals surface area contributed by atoms with E-state index in [-0.39, 0.29) is 0 Å². The predicted octanol–water partition coefficient (Wildman–Crippen LogP) is 2.38. The summed E-state index contributed by atoms with van der Waals surface area (Å²) < 4.78 is 7.01. The summed E-state index contributed by atoms with van der Waals surface area (Å²) in [6.45, 7) is 1.02. The second-order valence-corrected chi connectivity index (χ2v) is 4.19. The van der Waals surface area contributed by atoms with E-state index in [1.807, 2.05) is 0 Å². The van der Waals surface area contributed by atoms with Gasteiger partial charge in [-0.15, -0.1) is 0 Å². The fourth-order valence-electron chi connectivity index (χ4n) is 2.33. The number of alkyl halides is 1. The number of halogens is 1. The molecule has 1 heterocycles. The zero-order chi connectivity index (χ0) is 7.03. The molecule has 1 saturated carbocycles. The van der Waals surface area contributed by atoms with Gasteiger partial charge in [-0.25, -0.2) is 0 Å². The van der Waals surface area contributed by atoms with Crippen LogP contribution >= 0.6 is 22.6 Å². The summed E-state index contributed by atoms with van der Waals surface area (Å²) in [7, 11) is 0. The van der Waals surface area contributed by atoms with Gasteiger partial charge in [0.2, 0.25) is 0 Å². The van der Waals surface area contributed by atoms with E-state index in [0.29, 0.717) is 5.60 Å². The standard InChI is InChI=1S/C8H13IO/c9-6-8-4-1-2-7(8)3-5-10-8/h7H,1-6H2. The summed E-state index contributed by atoms with van der Waals surface area (Å²) in [5.74, 6) is 0.907. The maximum Gasteiger partial charge on any atom is 0.0800 e. The fraction of sp³-hybridized carbons (Fsp3) is 1.00. The minimum absolute atomic E-state index is 0.334. The quantitative estimate of drug-likeness (QED) is 0.514. The molecule has 0 radical (unpaired) electrons. The lowest BCUT2D eigenvalue weighted by Gasteiger charge is -2.25. The van der Waals surface area contributed by atoms with Gasteiger partial charge in [0, 0.05) is 11.0 Å². The van der Waals surface area contributed by atoms with Gasteiger partial charge in [0.1, 0.15) is 0 Å². The highest BCUT2D eigenvalue weighted by Gasteiger charge is 2.46. The van der Waals surface area contributed by atoms with Crippen molar-refractivity contribution in [3.8, 4) is 0 Å². The highest BCUT2D eigenvalue weighted by atomic mass is 127. The zero-order valence-corrected chi connectivity index (χ0v) is 8.26. The Kier molecular flexibility index (Phi) is 1.93. The van der Waals surface area contributed by atoms with Gasteiger partial charge in [-0.2, -0.15) is 0 Å². The van der Waals surface area contributed by atoms with Crippen LogP contribution in [0.15, 0.2) is 0 Å². The highest BCUT2D eigenvalue weighted by molar-refractivity contribution is 14.1. The first-order chi connectivity index (χ1) is 4.87. The average molecular weight is 252 g/mol. The maximum atomic E-state index is 5.81. The molecule has 58 valence electrons. The third kappa shape index (κ3) is 0.916. The Morgan fingerprint density at radius 3 is 3.10 bits per heavy atom. The summed E-state index contributed by atoms with van der Waals surface area (Å²) in [4.78, 5) is 0. The number of fused-ring (bicyclic) bond motifs is 1. The van der Waals surface area contributed by atoms with Crippen LogP contribution in [0.25, 0.3) is 0 Å². The van der Waals surface area contributed by atoms with Crippen LogP contribution in [0, 0.1) is 5.92 Å². The molecular weight excluding hydrogens is 239 g/mol. The third-order valence-corrected chi connectivity index (χ3v) is 4.27. The Bertz CT molecular complexity index is 125. The van der Waals surface area contributed by atoms with Gasteiger partial charge in [-0.3, -0.25) is 0 Å². The van der Waals surface area contributed by atoms with Gasteiger partial charge in [0.25, 0.3) is 0 Å². The third-order valence-electron chi connectivity index (χ3n) is 2.98. The predicted molar refractivity (Wildman–Crippen MR) is 49.5 cm³/mol. The molecule has 0 aromatic rings. The van der Waals surface area contributed by atoms with E-state index in [2.05, 4.69) is 22.6 Å². The van der Waals surface area contributed by atoms with Crippen molar-refractivity contribution in [2.45, 2.75) is 31.3 Å². The highest BCUT2D eigenvalue weighted by Crippen LogP contribution is 2.46. The zero-order valence-electron chi connectivity index (χ0n) is 6.11. The summed E-state index contributed by atoms with van der Waals surface area (Å²) in [6, 6.07) is 0. The van der Waals surface area contributed by atoms with E-state index < -0.39 is 0 Å². The minimum Gasteiger partial charge on any atom is -0.374 e. The van der Waals surface area contributed by atoms with Gasteiger partial charge in [0.05, 0.1) is 5.60 Å². The fourth-order valence-corrected chi connectivity index (χ4v) is 3.56. The lowest BCUT2D eigenvalue weighted by molar-refractivity contribution is 0.0153. The topological polar surface area (TPSA) is 9.23 Å². The van der Waals surface area contributed by atoms with Crippen molar-refractivity contribution in [2.75, 3.05) is 11.0 Å². The average Bonchev–Trinajstić information content (AvgIpc) is 2.42. The normalized spacial score (nSPS) is 45.9. The first-order valence-corrected chi connectivity index (χ1v) is 5.60. The summed E-state index contributed by atoms with van der Waals surface area (Å²) in [5, 5.41) is 0. The number of hydrogen-bond donors (Lipinski definition) is 0. The van der Waals surface area contributed by atoms with Crippen LogP contribution in [-0.2, 0) is 4.74 Å². The molecule has 0 aromatic heterocycles. The minimum atomic E-state index is 0.334. The first-order valence-electron chi connectivity index (χ1n) is 4.07. The second kappa shape index (κ2) is 2.63. The van der Waals surface area contributed by atoms with Crippen molar-refractivity contribution < 1.29 is 4.74 Å². The molecule has 2 fully saturated rings. The number of ether oxygens (including phenoxy) is 1. The van der Waals surface area contributed by atoms with Crippen LogP contribution in [0.3, 0.4) is 0 Å². The van der Waals surface area contributed by atoms with E-state index in [1.165, 1.54) is 30.1 Å². The Balaban J connectivity index is 2.15. The van der Waals surface area contributed by atoms with Crippen molar-refractivity contribution in [3.63, 3.8) is 0 Å². The largest absolute Gasteiger partial charge is 0.374 e.